The number of imidazole rings is 1. The van der Waals surface area contributed by atoms with Crippen LogP contribution in [0, 0.1) is 17.0 Å². The standard InChI is InChI=1S/C14H12N6O4S/c1-10-15-5-6-19(10)14-8-13(16-9-17-14)18-25(23,24)12-4-2-3-11(7-12)20(21)22/h2-9H,1H3,(H,16,17,18). The predicted octanol–water partition coefficient (Wildman–Crippen LogP) is 1.68. The molecule has 0 aliphatic rings. The molecule has 128 valence electrons. The van der Waals surface area contributed by atoms with Gasteiger partial charge in [-0.1, -0.05) is 6.07 Å². The van der Waals surface area contributed by atoms with E-state index in [1.807, 2.05) is 0 Å². The number of non-ortho nitro benzene ring substituents is 1. The lowest BCUT2D eigenvalue weighted by Crippen LogP contribution is -2.14. The van der Waals surface area contributed by atoms with Crippen LogP contribution in [0.5, 0.6) is 0 Å². The number of nitrogens with zero attached hydrogens (tertiary/aromatic N) is 5. The number of sulfonamides is 1. The van der Waals surface area contributed by atoms with Crippen LogP contribution in [0.25, 0.3) is 5.82 Å². The van der Waals surface area contributed by atoms with Crippen molar-refractivity contribution in [3.63, 3.8) is 0 Å². The third kappa shape index (κ3) is 3.45. The van der Waals surface area contributed by atoms with Crippen LogP contribution in [-0.2, 0) is 10.0 Å². The molecular weight excluding hydrogens is 348 g/mol. The van der Waals surface area contributed by atoms with Gasteiger partial charge in [0.2, 0.25) is 0 Å². The lowest BCUT2D eigenvalue weighted by atomic mass is 10.3. The molecule has 0 atom stereocenters. The molecule has 0 radical (unpaired) electrons. The fraction of sp³-hybridized carbons (Fsp3) is 0.0714. The van der Waals surface area contributed by atoms with Crippen LogP contribution in [-0.4, -0.2) is 32.9 Å². The first kappa shape index (κ1) is 16.5. The molecule has 0 aliphatic heterocycles. The van der Waals surface area contributed by atoms with Crippen molar-refractivity contribution < 1.29 is 13.3 Å². The van der Waals surface area contributed by atoms with Crippen molar-refractivity contribution in [1.29, 1.82) is 0 Å². The lowest BCUT2D eigenvalue weighted by Gasteiger charge is -2.09. The molecule has 0 amide bonds. The van der Waals surface area contributed by atoms with Crippen LogP contribution < -0.4 is 4.72 Å². The van der Waals surface area contributed by atoms with Crippen molar-refractivity contribution in [3.05, 3.63) is 65.0 Å². The van der Waals surface area contributed by atoms with Gasteiger partial charge < -0.3 is 0 Å². The van der Waals surface area contributed by atoms with Crippen molar-refractivity contribution in [2.45, 2.75) is 11.8 Å². The molecule has 2 heterocycles. The van der Waals surface area contributed by atoms with Crippen LogP contribution >= 0.6 is 0 Å². The summed E-state index contributed by atoms with van der Waals surface area (Å²) in [5.41, 5.74) is -0.319. The largest absolute Gasteiger partial charge is 0.288 e. The number of rotatable bonds is 5. The highest BCUT2D eigenvalue weighted by Crippen LogP contribution is 2.20. The summed E-state index contributed by atoms with van der Waals surface area (Å²) in [7, 11) is -4.03. The highest BCUT2D eigenvalue weighted by atomic mass is 32.2. The van der Waals surface area contributed by atoms with E-state index in [1.54, 1.807) is 23.9 Å². The van der Waals surface area contributed by atoms with Crippen LogP contribution in [0.1, 0.15) is 5.82 Å². The minimum absolute atomic E-state index is 0.0320. The van der Waals surface area contributed by atoms with Gasteiger partial charge in [-0.05, 0) is 13.0 Å². The summed E-state index contributed by atoms with van der Waals surface area (Å²) in [6.45, 7) is 1.77. The zero-order valence-electron chi connectivity index (χ0n) is 12.9. The van der Waals surface area contributed by atoms with E-state index >= 15 is 0 Å². The molecule has 11 heteroatoms. The molecule has 0 unspecified atom stereocenters. The number of benzene rings is 1. The Labute approximate surface area is 142 Å². The van der Waals surface area contributed by atoms with E-state index < -0.39 is 14.9 Å². The Morgan fingerprint density at radius 1 is 1.20 bits per heavy atom. The summed E-state index contributed by atoms with van der Waals surface area (Å²) < 4.78 is 28.8. The number of hydrogen-bond donors (Lipinski definition) is 1. The minimum Gasteiger partial charge on any atom is -0.288 e. The van der Waals surface area contributed by atoms with Gasteiger partial charge in [0.15, 0.2) is 0 Å². The number of aryl methyl sites for hydroxylation is 1. The third-order valence-corrected chi connectivity index (χ3v) is 4.66. The molecule has 2 aromatic heterocycles. The minimum atomic E-state index is -4.03. The maximum atomic E-state index is 12.4. The molecule has 0 bridgehead atoms. The molecule has 3 rings (SSSR count). The second kappa shape index (κ2) is 6.28. The van der Waals surface area contributed by atoms with Crippen molar-refractivity contribution >= 4 is 21.5 Å². The number of hydrogen-bond acceptors (Lipinski definition) is 7. The van der Waals surface area contributed by atoms with E-state index in [2.05, 4.69) is 19.7 Å². The predicted molar refractivity (Wildman–Crippen MR) is 87.8 cm³/mol. The molecule has 0 aliphatic carbocycles. The molecule has 0 saturated carbocycles. The summed E-state index contributed by atoms with van der Waals surface area (Å²) in [5.74, 6) is 1.14. The smallest absolute Gasteiger partial charge is 0.270 e. The highest BCUT2D eigenvalue weighted by Gasteiger charge is 2.18. The monoisotopic (exact) mass is 360 g/mol. The fourth-order valence-electron chi connectivity index (χ4n) is 2.12. The van der Waals surface area contributed by atoms with Crippen molar-refractivity contribution in [1.82, 2.24) is 19.5 Å². The maximum absolute atomic E-state index is 12.4. The first-order chi connectivity index (χ1) is 11.9. The summed E-state index contributed by atoms with van der Waals surface area (Å²) in [4.78, 5) is 21.9. The Morgan fingerprint density at radius 2 is 2.00 bits per heavy atom. The summed E-state index contributed by atoms with van der Waals surface area (Å²) in [5, 5.41) is 10.8. The molecule has 25 heavy (non-hydrogen) atoms. The van der Waals surface area contributed by atoms with E-state index in [-0.39, 0.29) is 16.4 Å². The second-order valence-corrected chi connectivity index (χ2v) is 6.65. The number of nitro groups is 1. The summed E-state index contributed by atoms with van der Waals surface area (Å²) in [6, 6.07) is 6.18. The van der Waals surface area contributed by atoms with Gasteiger partial charge in [0.1, 0.15) is 23.8 Å². The molecule has 0 saturated heterocycles. The Balaban J connectivity index is 1.93. The zero-order chi connectivity index (χ0) is 18.0. The average molecular weight is 360 g/mol. The van der Waals surface area contributed by atoms with Gasteiger partial charge >= 0.3 is 0 Å². The third-order valence-electron chi connectivity index (χ3n) is 3.30. The van der Waals surface area contributed by atoms with Gasteiger partial charge in [-0.25, -0.2) is 23.4 Å². The molecule has 10 nitrogen and oxygen atoms in total. The number of anilines is 1. The summed E-state index contributed by atoms with van der Waals surface area (Å²) in [6.07, 6.45) is 4.47. The Bertz CT molecular complexity index is 1050. The van der Waals surface area contributed by atoms with E-state index in [4.69, 9.17) is 0 Å². The number of nitro benzene ring substituents is 1. The summed E-state index contributed by atoms with van der Waals surface area (Å²) >= 11 is 0. The molecular formula is C14H12N6O4S. The Morgan fingerprint density at radius 3 is 2.68 bits per heavy atom. The van der Waals surface area contributed by atoms with Crippen LogP contribution in [0.3, 0.4) is 0 Å². The van der Waals surface area contributed by atoms with E-state index in [0.717, 1.165) is 6.07 Å². The Hall–Kier alpha value is -3.34. The van der Waals surface area contributed by atoms with Gasteiger partial charge in [-0.15, -0.1) is 0 Å². The molecule has 1 N–H and O–H groups in total. The van der Waals surface area contributed by atoms with E-state index in [0.29, 0.717) is 11.6 Å². The van der Waals surface area contributed by atoms with Gasteiger partial charge in [0, 0.05) is 30.6 Å². The van der Waals surface area contributed by atoms with Gasteiger partial charge in [-0.2, -0.15) is 0 Å². The molecule has 3 aromatic rings. The second-order valence-electron chi connectivity index (χ2n) is 4.97. The van der Waals surface area contributed by atoms with Crippen molar-refractivity contribution in [2.75, 3.05) is 4.72 Å². The number of aromatic nitrogens is 4. The quantitative estimate of drug-likeness (QED) is 0.540. The zero-order valence-corrected chi connectivity index (χ0v) is 13.7. The first-order valence-corrected chi connectivity index (χ1v) is 8.45. The lowest BCUT2D eigenvalue weighted by molar-refractivity contribution is -0.385. The Kier molecular flexibility index (Phi) is 4.15. The van der Waals surface area contributed by atoms with Crippen molar-refractivity contribution in [2.24, 2.45) is 0 Å². The molecule has 0 fully saturated rings. The molecule has 1 aromatic carbocycles. The first-order valence-electron chi connectivity index (χ1n) is 6.96. The van der Waals surface area contributed by atoms with Crippen molar-refractivity contribution in [3.8, 4) is 5.82 Å². The van der Waals surface area contributed by atoms with Gasteiger partial charge in [-0.3, -0.25) is 19.4 Å². The van der Waals surface area contributed by atoms with Crippen LogP contribution in [0.15, 0.2) is 53.9 Å². The number of nitrogens with one attached hydrogen (secondary N) is 1. The van der Waals surface area contributed by atoms with E-state index in [1.165, 1.54) is 30.6 Å². The topological polar surface area (TPSA) is 133 Å². The van der Waals surface area contributed by atoms with Crippen LogP contribution in [0.2, 0.25) is 0 Å². The van der Waals surface area contributed by atoms with Gasteiger partial charge in [0.25, 0.3) is 15.7 Å². The maximum Gasteiger partial charge on any atom is 0.270 e. The molecule has 0 spiro atoms. The van der Waals surface area contributed by atoms with E-state index in [9.17, 15) is 18.5 Å². The average Bonchev–Trinajstić information content (AvgIpc) is 3.01. The van der Waals surface area contributed by atoms with Crippen LogP contribution in [0.4, 0.5) is 11.5 Å². The fourth-order valence-corrected chi connectivity index (χ4v) is 3.15. The highest BCUT2D eigenvalue weighted by molar-refractivity contribution is 7.92. The SMILES string of the molecule is Cc1nccn1-c1cc(NS(=O)(=O)c2cccc([N+](=O)[O-])c2)ncn1. The normalized spacial score (nSPS) is 11.2. The van der Waals surface area contributed by atoms with Gasteiger partial charge in [0.05, 0.1) is 9.82 Å².